The highest BCUT2D eigenvalue weighted by Crippen LogP contribution is 2.25. The Balaban J connectivity index is 2.04. The average Bonchev–Trinajstić information content (AvgIpc) is 2.91. The first-order valence-electron chi connectivity index (χ1n) is 13.4. The Hall–Kier alpha value is -1.09. The zero-order valence-electron chi connectivity index (χ0n) is 23.0. The summed E-state index contributed by atoms with van der Waals surface area (Å²) in [6, 6.07) is -1.22. The fourth-order valence-electron chi connectivity index (χ4n) is 4.33. The van der Waals surface area contributed by atoms with Gasteiger partial charge in [-0.1, -0.05) is 0 Å². The van der Waals surface area contributed by atoms with E-state index in [2.05, 4.69) is 5.32 Å². The zero-order chi connectivity index (χ0) is 30.0. The summed E-state index contributed by atoms with van der Waals surface area (Å²) < 4.78 is 34.0. The molecule has 2 heterocycles. The summed E-state index contributed by atoms with van der Waals surface area (Å²) in [5.41, 5.74) is 5.54. The van der Waals surface area contributed by atoms with Gasteiger partial charge in [0, 0.05) is 13.3 Å². The minimum atomic E-state index is -1.54. The van der Waals surface area contributed by atoms with E-state index in [1.165, 1.54) is 6.92 Å². The SMILES string of the molecule is CC(=O)NC1[C@@H](OC[C@@H](O)C(CO)O[C@@H](OCCCN)[C@H](C)O[C@H]2C[C@@H](O)[C@H](O)C(C)O2)OC(CO)[C@H](O)[C@@H]1O. The first-order chi connectivity index (χ1) is 18.9. The fraction of sp³-hybridized carbons (Fsp3) is 0.958. The van der Waals surface area contributed by atoms with Gasteiger partial charge in [-0.2, -0.15) is 0 Å². The van der Waals surface area contributed by atoms with E-state index < -0.39 is 106 Å². The van der Waals surface area contributed by atoms with Crippen molar-refractivity contribution in [1.82, 2.24) is 5.32 Å². The van der Waals surface area contributed by atoms with Crippen molar-refractivity contribution < 1.29 is 69.0 Å². The van der Waals surface area contributed by atoms with Gasteiger partial charge in [-0.25, -0.2) is 0 Å². The summed E-state index contributed by atoms with van der Waals surface area (Å²) in [5, 5.41) is 73.0. The first-order valence-corrected chi connectivity index (χ1v) is 13.4. The molecule has 0 spiro atoms. The van der Waals surface area contributed by atoms with Gasteiger partial charge in [-0.15, -0.1) is 0 Å². The van der Waals surface area contributed by atoms with E-state index in [0.717, 1.165) is 0 Å². The highest BCUT2D eigenvalue weighted by molar-refractivity contribution is 5.73. The number of rotatable bonds is 16. The Labute approximate surface area is 232 Å². The molecule has 2 saturated heterocycles. The molecule has 0 aromatic rings. The van der Waals surface area contributed by atoms with E-state index in [1.807, 2.05) is 0 Å². The van der Waals surface area contributed by atoms with Gasteiger partial charge in [0.15, 0.2) is 18.9 Å². The van der Waals surface area contributed by atoms with Crippen molar-refractivity contribution in [2.24, 2.45) is 5.73 Å². The molecule has 4 unspecified atom stereocenters. The minimum absolute atomic E-state index is 0.00248. The molecule has 16 heteroatoms. The number of carbonyl (C=O) groups is 1. The van der Waals surface area contributed by atoms with E-state index in [1.54, 1.807) is 13.8 Å². The van der Waals surface area contributed by atoms with E-state index in [0.29, 0.717) is 13.0 Å². The molecule has 40 heavy (non-hydrogen) atoms. The molecule has 1 amide bonds. The topological polar surface area (TPSA) is 252 Å². The molecule has 0 aliphatic carbocycles. The van der Waals surface area contributed by atoms with E-state index in [4.69, 9.17) is 34.2 Å². The summed E-state index contributed by atoms with van der Waals surface area (Å²) in [4.78, 5) is 11.6. The van der Waals surface area contributed by atoms with Crippen LogP contribution in [0.3, 0.4) is 0 Å². The van der Waals surface area contributed by atoms with Crippen LogP contribution in [0, 0.1) is 0 Å². The van der Waals surface area contributed by atoms with Crippen LogP contribution in [0.1, 0.15) is 33.6 Å². The number of aliphatic hydroxyl groups excluding tert-OH is 7. The lowest BCUT2D eigenvalue weighted by Crippen LogP contribution is -2.64. The van der Waals surface area contributed by atoms with Crippen molar-refractivity contribution in [1.29, 1.82) is 0 Å². The van der Waals surface area contributed by atoms with Crippen molar-refractivity contribution in [3.63, 3.8) is 0 Å². The van der Waals surface area contributed by atoms with Crippen LogP contribution < -0.4 is 11.1 Å². The molecule has 0 aromatic carbocycles. The lowest BCUT2D eigenvalue weighted by atomic mass is 9.97. The van der Waals surface area contributed by atoms with Gasteiger partial charge in [0.05, 0.1) is 38.6 Å². The summed E-state index contributed by atoms with van der Waals surface area (Å²) in [7, 11) is 0. The Kier molecular flexibility index (Phi) is 15.0. The number of hydrogen-bond acceptors (Lipinski definition) is 15. The standard InChI is InChI=1S/C24H46N2O14/c1-11-20(32)14(30)7-18(37-11)38-12(2)23(35-6-4-5-25)39-16(8-27)15(31)10-36-24-19(26-13(3)29)22(34)21(33)17(9-28)40-24/h11-12,14-24,27-28,30-34H,4-10,25H2,1-3H3,(H,26,29)/t11?,12-,14+,15+,16?,17?,18-,19?,20+,21-,22+,23+,24-/m0/s1. The van der Waals surface area contributed by atoms with Crippen LogP contribution in [-0.4, -0.2) is 154 Å². The molecule has 236 valence electrons. The van der Waals surface area contributed by atoms with Crippen LogP contribution >= 0.6 is 0 Å². The zero-order valence-corrected chi connectivity index (χ0v) is 23.0. The Morgan fingerprint density at radius 3 is 2.40 bits per heavy atom. The van der Waals surface area contributed by atoms with Crippen molar-refractivity contribution in [2.45, 2.75) is 113 Å². The predicted octanol–water partition coefficient (Wildman–Crippen LogP) is -4.36. The van der Waals surface area contributed by atoms with Gasteiger partial charge in [0.1, 0.15) is 48.8 Å². The molecule has 2 rings (SSSR count). The van der Waals surface area contributed by atoms with Crippen molar-refractivity contribution in [2.75, 3.05) is 33.0 Å². The normalized spacial score (nSPS) is 36.0. The molecule has 0 radical (unpaired) electrons. The lowest BCUT2D eigenvalue weighted by Gasteiger charge is -2.42. The highest BCUT2D eigenvalue weighted by atomic mass is 16.7. The monoisotopic (exact) mass is 586 g/mol. The van der Waals surface area contributed by atoms with Gasteiger partial charge >= 0.3 is 0 Å². The largest absolute Gasteiger partial charge is 0.394 e. The molecule has 2 fully saturated rings. The molecular weight excluding hydrogens is 540 g/mol. The maximum absolute atomic E-state index is 11.6. The van der Waals surface area contributed by atoms with Crippen LogP contribution in [0.25, 0.3) is 0 Å². The van der Waals surface area contributed by atoms with Crippen LogP contribution in [-0.2, 0) is 33.2 Å². The second-order valence-electron chi connectivity index (χ2n) is 9.98. The molecule has 2 aliphatic rings. The summed E-state index contributed by atoms with van der Waals surface area (Å²) >= 11 is 0. The third-order valence-corrected chi connectivity index (χ3v) is 6.66. The molecule has 16 nitrogen and oxygen atoms in total. The van der Waals surface area contributed by atoms with Gasteiger partial charge in [0.25, 0.3) is 0 Å². The first kappa shape index (κ1) is 35.1. The van der Waals surface area contributed by atoms with Gasteiger partial charge in [-0.05, 0) is 26.8 Å². The summed E-state index contributed by atoms with van der Waals surface area (Å²) in [6.45, 7) is 3.06. The van der Waals surface area contributed by atoms with E-state index >= 15 is 0 Å². The number of nitrogens with one attached hydrogen (secondary N) is 1. The second-order valence-corrected chi connectivity index (χ2v) is 9.98. The van der Waals surface area contributed by atoms with Crippen LogP contribution in [0.5, 0.6) is 0 Å². The smallest absolute Gasteiger partial charge is 0.217 e. The summed E-state index contributed by atoms with van der Waals surface area (Å²) in [6.07, 6.45) is -13.5. The van der Waals surface area contributed by atoms with Crippen LogP contribution in [0.4, 0.5) is 0 Å². The number of carbonyl (C=O) groups excluding carboxylic acids is 1. The van der Waals surface area contributed by atoms with Gasteiger partial charge in [-0.3, -0.25) is 4.79 Å². The van der Waals surface area contributed by atoms with Gasteiger partial charge in [0.2, 0.25) is 5.91 Å². The summed E-state index contributed by atoms with van der Waals surface area (Å²) in [5.74, 6) is -0.544. The Morgan fingerprint density at radius 2 is 1.82 bits per heavy atom. The van der Waals surface area contributed by atoms with Crippen molar-refractivity contribution in [3.05, 3.63) is 0 Å². The van der Waals surface area contributed by atoms with Crippen LogP contribution in [0.2, 0.25) is 0 Å². The molecule has 0 saturated carbocycles. The quantitative estimate of drug-likeness (QED) is 0.0612. The molecular formula is C24H46N2O14. The van der Waals surface area contributed by atoms with Gasteiger partial charge < -0.3 is 75.2 Å². The number of amides is 1. The number of nitrogens with two attached hydrogens (primary N) is 1. The van der Waals surface area contributed by atoms with E-state index in [9.17, 15) is 40.5 Å². The predicted molar refractivity (Wildman–Crippen MR) is 134 cm³/mol. The third-order valence-electron chi connectivity index (χ3n) is 6.66. The Bertz CT molecular complexity index is 726. The number of ether oxygens (including phenoxy) is 6. The van der Waals surface area contributed by atoms with Crippen LogP contribution in [0.15, 0.2) is 0 Å². The third kappa shape index (κ3) is 10.0. The number of hydrogen-bond donors (Lipinski definition) is 9. The Morgan fingerprint density at radius 1 is 1.12 bits per heavy atom. The fourth-order valence-corrected chi connectivity index (χ4v) is 4.33. The van der Waals surface area contributed by atoms with Crippen molar-refractivity contribution in [3.8, 4) is 0 Å². The maximum Gasteiger partial charge on any atom is 0.217 e. The second kappa shape index (κ2) is 17.1. The molecule has 0 bridgehead atoms. The molecule has 13 atom stereocenters. The average molecular weight is 587 g/mol. The van der Waals surface area contributed by atoms with Crippen molar-refractivity contribution >= 4 is 5.91 Å². The highest BCUT2D eigenvalue weighted by Gasteiger charge is 2.46. The molecule has 0 aromatic heterocycles. The number of aliphatic hydroxyl groups is 7. The minimum Gasteiger partial charge on any atom is -0.394 e. The molecule has 10 N–H and O–H groups in total. The van der Waals surface area contributed by atoms with E-state index in [-0.39, 0.29) is 13.0 Å². The lowest BCUT2D eigenvalue weighted by molar-refractivity contribution is -0.306. The molecule has 2 aliphatic heterocycles. The maximum atomic E-state index is 11.6.